The molecule has 0 aliphatic carbocycles. The number of aliphatic hydroxyl groups excluding tert-OH is 2. The molecule has 14 heavy (non-hydrogen) atoms. The summed E-state index contributed by atoms with van der Waals surface area (Å²) >= 11 is 0. The molecule has 2 N–H and O–H groups in total. The highest BCUT2D eigenvalue weighted by molar-refractivity contribution is 5.26. The smallest absolute Gasteiger partial charge is 0.109 e. The first-order chi connectivity index (χ1) is 6.83. The molecule has 0 saturated heterocycles. The van der Waals surface area contributed by atoms with Gasteiger partial charge in [0.1, 0.15) is 5.76 Å². The van der Waals surface area contributed by atoms with E-state index in [4.69, 9.17) is 14.6 Å². The molecule has 0 atom stereocenters. The van der Waals surface area contributed by atoms with Crippen LogP contribution in [0.15, 0.2) is 10.7 Å². The van der Waals surface area contributed by atoms with Crippen molar-refractivity contribution in [1.82, 2.24) is 0 Å². The largest absolute Gasteiger partial charge is 0.469 e. The van der Waals surface area contributed by atoms with Gasteiger partial charge in [0, 0.05) is 17.5 Å². The lowest BCUT2D eigenvalue weighted by molar-refractivity contribution is 0.260. The molecule has 0 bridgehead atoms. The SMILES string of the molecule is CCCCCc1occ(CO)c1CO. The Labute approximate surface area is 84.4 Å². The average Bonchev–Trinajstić information content (AvgIpc) is 2.60. The van der Waals surface area contributed by atoms with E-state index in [1.165, 1.54) is 19.1 Å². The highest BCUT2D eigenvalue weighted by Gasteiger charge is 2.11. The standard InChI is InChI=1S/C11H18O3/c1-2-3-4-5-11-10(7-13)9(6-12)8-14-11/h8,12-13H,2-7H2,1H3. The Morgan fingerprint density at radius 3 is 2.57 bits per heavy atom. The molecular weight excluding hydrogens is 180 g/mol. The van der Waals surface area contributed by atoms with Gasteiger partial charge < -0.3 is 14.6 Å². The predicted octanol–water partition coefficient (Wildman–Crippen LogP) is 2.00. The van der Waals surface area contributed by atoms with Gasteiger partial charge in [-0.2, -0.15) is 0 Å². The molecular formula is C11H18O3. The summed E-state index contributed by atoms with van der Waals surface area (Å²) in [5.41, 5.74) is 1.47. The maximum absolute atomic E-state index is 9.10. The van der Waals surface area contributed by atoms with Crippen LogP contribution in [0.1, 0.15) is 43.1 Å². The third-order valence-electron chi connectivity index (χ3n) is 2.40. The van der Waals surface area contributed by atoms with Gasteiger partial charge in [-0.25, -0.2) is 0 Å². The Bertz CT molecular complexity index is 265. The molecule has 3 nitrogen and oxygen atoms in total. The van der Waals surface area contributed by atoms with Crippen LogP contribution >= 0.6 is 0 Å². The summed E-state index contributed by atoms with van der Waals surface area (Å²) in [6.07, 6.45) is 5.79. The molecule has 0 saturated carbocycles. The van der Waals surface area contributed by atoms with Crippen LogP contribution in [-0.4, -0.2) is 10.2 Å². The Kier molecular flexibility index (Phi) is 4.70. The van der Waals surface area contributed by atoms with E-state index in [0.29, 0.717) is 5.56 Å². The second kappa shape index (κ2) is 5.83. The quantitative estimate of drug-likeness (QED) is 0.687. The van der Waals surface area contributed by atoms with E-state index in [2.05, 4.69) is 6.92 Å². The van der Waals surface area contributed by atoms with Gasteiger partial charge in [0.15, 0.2) is 0 Å². The third-order valence-corrected chi connectivity index (χ3v) is 2.40. The van der Waals surface area contributed by atoms with Crippen molar-refractivity contribution < 1.29 is 14.6 Å². The van der Waals surface area contributed by atoms with Gasteiger partial charge in [-0.15, -0.1) is 0 Å². The van der Waals surface area contributed by atoms with Crippen LogP contribution in [0.3, 0.4) is 0 Å². The van der Waals surface area contributed by atoms with E-state index < -0.39 is 0 Å². The Morgan fingerprint density at radius 1 is 1.21 bits per heavy atom. The van der Waals surface area contributed by atoms with E-state index in [9.17, 15) is 0 Å². The second-order valence-electron chi connectivity index (χ2n) is 3.44. The van der Waals surface area contributed by atoms with Crippen LogP contribution in [0.25, 0.3) is 0 Å². The topological polar surface area (TPSA) is 53.6 Å². The fourth-order valence-corrected chi connectivity index (χ4v) is 1.53. The summed E-state index contributed by atoms with van der Waals surface area (Å²) in [6.45, 7) is 2.04. The maximum Gasteiger partial charge on any atom is 0.109 e. The monoisotopic (exact) mass is 198 g/mol. The lowest BCUT2D eigenvalue weighted by Gasteiger charge is -2.00. The first-order valence-corrected chi connectivity index (χ1v) is 5.13. The van der Waals surface area contributed by atoms with Crippen molar-refractivity contribution in [3.8, 4) is 0 Å². The predicted molar refractivity (Wildman–Crippen MR) is 53.8 cm³/mol. The number of rotatable bonds is 6. The third kappa shape index (κ3) is 2.59. The molecule has 0 aliphatic heterocycles. The minimum atomic E-state index is -0.0623. The van der Waals surface area contributed by atoms with Crippen molar-refractivity contribution in [3.63, 3.8) is 0 Å². The van der Waals surface area contributed by atoms with Crippen LogP contribution in [0, 0.1) is 0 Å². The van der Waals surface area contributed by atoms with Crippen LogP contribution < -0.4 is 0 Å². The van der Waals surface area contributed by atoms with Crippen molar-refractivity contribution in [2.24, 2.45) is 0 Å². The zero-order chi connectivity index (χ0) is 10.4. The van der Waals surface area contributed by atoms with Gasteiger partial charge >= 0.3 is 0 Å². The molecule has 1 aromatic rings. The molecule has 0 aromatic carbocycles. The summed E-state index contributed by atoms with van der Waals surface area (Å²) in [6, 6.07) is 0. The molecule has 1 aromatic heterocycles. The highest BCUT2D eigenvalue weighted by Crippen LogP contribution is 2.19. The fraction of sp³-hybridized carbons (Fsp3) is 0.636. The lowest BCUT2D eigenvalue weighted by Crippen LogP contribution is -1.94. The van der Waals surface area contributed by atoms with E-state index >= 15 is 0 Å². The Balaban J connectivity index is 2.61. The molecule has 0 aliphatic rings. The minimum absolute atomic E-state index is 0.0478. The van der Waals surface area contributed by atoms with Gasteiger partial charge in [0.25, 0.3) is 0 Å². The van der Waals surface area contributed by atoms with Crippen LogP contribution in [0.5, 0.6) is 0 Å². The van der Waals surface area contributed by atoms with E-state index in [1.54, 1.807) is 0 Å². The second-order valence-corrected chi connectivity index (χ2v) is 3.44. The minimum Gasteiger partial charge on any atom is -0.469 e. The zero-order valence-electron chi connectivity index (χ0n) is 8.62. The van der Waals surface area contributed by atoms with Crippen molar-refractivity contribution in [1.29, 1.82) is 0 Å². The lowest BCUT2D eigenvalue weighted by atomic mass is 10.1. The normalized spacial score (nSPS) is 10.8. The highest BCUT2D eigenvalue weighted by atomic mass is 16.3. The molecule has 1 rings (SSSR count). The summed E-state index contributed by atoms with van der Waals surface area (Å²) in [4.78, 5) is 0. The number of hydrogen-bond acceptors (Lipinski definition) is 3. The van der Waals surface area contributed by atoms with Crippen molar-refractivity contribution >= 4 is 0 Å². The van der Waals surface area contributed by atoms with Crippen molar-refractivity contribution in [2.75, 3.05) is 0 Å². The molecule has 80 valence electrons. The molecule has 1 heterocycles. The first-order valence-electron chi connectivity index (χ1n) is 5.13. The summed E-state index contributed by atoms with van der Waals surface area (Å²) in [7, 11) is 0. The van der Waals surface area contributed by atoms with Crippen LogP contribution in [-0.2, 0) is 19.6 Å². The molecule has 0 unspecified atom stereocenters. The van der Waals surface area contributed by atoms with Gasteiger partial charge in [0.2, 0.25) is 0 Å². The van der Waals surface area contributed by atoms with Gasteiger partial charge in [0.05, 0.1) is 19.5 Å². The number of aliphatic hydroxyl groups is 2. The molecule has 0 amide bonds. The van der Waals surface area contributed by atoms with Gasteiger partial charge in [-0.1, -0.05) is 19.8 Å². The van der Waals surface area contributed by atoms with Crippen molar-refractivity contribution in [2.45, 2.75) is 45.8 Å². The molecule has 3 heteroatoms. The molecule has 0 radical (unpaired) electrons. The number of unbranched alkanes of at least 4 members (excludes halogenated alkanes) is 2. The van der Waals surface area contributed by atoms with Gasteiger partial charge in [-0.3, -0.25) is 0 Å². The van der Waals surface area contributed by atoms with E-state index in [0.717, 1.165) is 24.2 Å². The molecule has 0 fully saturated rings. The maximum atomic E-state index is 9.10. The van der Waals surface area contributed by atoms with Crippen LogP contribution in [0.4, 0.5) is 0 Å². The van der Waals surface area contributed by atoms with Gasteiger partial charge in [-0.05, 0) is 6.42 Å². The van der Waals surface area contributed by atoms with Crippen LogP contribution in [0.2, 0.25) is 0 Å². The fourth-order valence-electron chi connectivity index (χ4n) is 1.53. The number of furan rings is 1. The summed E-state index contributed by atoms with van der Waals surface area (Å²) < 4.78 is 5.30. The number of hydrogen-bond donors (Lipinski definition) is 2. The Morgan fingerprint density at radius 2 is 2.00 bits per heavy atom. The summed E-state index contributed by atoms with van der Waals surface area (Å²) in [5.74, 6) is 0.824. The Hall–Kier alpha value is -0.800. The molecule has 0 spiro atoms. The first kappa shape index (κ1) is 11.3. The van der Waals surface area contributed by atoms with E-state index in [-0.39, 0.29) is 13.2 Å². The number of aryl methyl sites for hydroxylation is 1. The van der Waals surface area contributed by atoms with E-state index in [1.807, 2.05) is 0 Å². The summed E-state index contributed by atoms with van der Waals surface area (Å²) in [5, 5.41) is 18.1. The zero-order valence-corrected chi connectivity index (χ0v) is 8.62. The van der Waals surface area contributed by atoms with Crippen molar-refractivity contribution in [3.05, 3.63) is 23.2 Å². The average molecular weight is 198 g/mol.